The van der Waals surface area contributed by atoms with Crippen molar-refractivity contribution in [3.8, 4) is 6.07 Å². The Morgan fingerprint density at radius 3 is 2.23 bits per heavy atom. The molecule has 74 valence electrons. The summed E-state index contributed by atoms with van der Waals surface area (Å²) in [5.74, 6) is 0. The van der Waals surface area contributed by atoms with Gasteiger partial charge in [-0.2, -0.15) is 5.26 Å². The second-order valence-electron chi connectivity index (χ2n) is 4.12. The molecule has 1 rings (SSSR count). The summed E-state index contributed by atoms with van der Waals surface area (Å²) in [5.41, 5.74) is 0. The van der Waals surface area contributed by atoms with E-state index in [0.29, 0.717) is 6.04 Å². The Morgan fingerprint density at radius 2 is 1.77 bits per heavy atom. The fourth-order valence-corrected chi connectivity index (χ4v) is 2.07. The summed E-state index contributed by atoms with van der Waals surface area (Å²) in [6.07, 6.45) is 8.00. The minimum atomic E-state index is 0.0723. The summed E-state index contributed by atoms with van der Waals surface area (Å²) in [4.78, 5) is 2.24. The smallest absolute Gasteiger partial charge is 0.0949 e. The van der Waals surface area contributed by atoms with Gasteiger partial charge in [-0.3, -0.25) is 4.90 Å². The molecule has 0 bridgehead atoms. The normalized spacial score (nSPS) is 22.3. The van der Waals surface area contributed by atoms with E-state index < -0.39 is 0 Å². The van der Waals surface area contributed by atoms with Gasteiger partial charge in [0, 0.05) is 6.04 Å². The maximum atomic E-state index is 8.81. The minimum absolute atomic E-state index is 0.0723. The summed E-state index contributed by atoms with van der Waals surface area (Å²) >= 11 is 0. The number of rotatable bonds is 2. The third-order valence-electron chi connectivity index (χ3n) is 3.20. The lowest BCUT2D eigenvalue weighted by Gasteiger charge is -2.28. The van der Waals surface area contributed by atoms with Crippen LogP contribution in [0.2, 0.25) is 0 Å². The predicted molar refractivity (Wildman–Crippen MR) is 54.3 cm³/mol. The second-order valence-corrected chi connectivity index (χ2v) is 4.12. The molecule has 0 aliphatic heterocycles. The van der Waals surface area contributed by atoms with Crippen LogP contribution in [0.4, 0.5) is 0 Å². The highest BCUT2D eigenvalue weighted by molar-refractivity contribution is 4.89. The van der Waals surface area contributed by atoms with Crippen LogP contribution in [0.3, 0.4) is 0 Å². The first kappa shape index (κ1) is 10.5. The molecule has 0 amide bonds. The molecule has 0 aromatic carbocycles. The van der Waals surface area contributed by atoms with Gasteiger partial charge >= 0.3 is 0 Å². The van der Waals surface area contributed by atoms with Crippen LogP contribution in [0.25, 0.3) is 0 Å². The summed E-state index contributed by atoms with van der Waals surface area (Å²) in [7, 11) is 2.09. The SMILES string of the molecule is CC(C#N)N(C)C1CCCCCC1. The lowest BCUT2D eigenvalue weighted by molar-refractivity contribution is 0.197. The molecule has 0 radical (unpaired) electrons. The first-order valence-corrected chi connectivity index (χ1v) is 5.37. The zero-order chi connectivity index (χ0) is 9.68. The van der Waals surface area contributed by atoms with Crippen molar-refractivity contribution in [3.63, 3.8) is 0 Å². The highest BCUT2D eigenvalue weighted by Gasteiger charge is 2.20. The van der Waals surface area contributed by atoms with Gasteiger partial charge in [-0.25, -0.2) is 0 Å². The average molecular weight is 180 g/mol. The number of hydrogen-bond acceptors (Lipinski definition) is 2. The molecule has 0 saturated heterocycles. The van der Waals surface area contributed by atoms with Crippen LogP contribution in [-0.2, 0) is 0 Å². The van der Waals surface area contributed by atoms with Gasteiger partial charge in [0.1, 0.15) is 0 Å². The number of nitrogens with zero attached hydrogens (tertiary/aromatic N) is 2. The van der Waals surface area contributed by atoms with Crippen molar-refractivity contribution >= 4 is 0 Å². The van der Waals surface area contributed by atoms with Gasteiger partial charge in [0.05, 0.1) is 12.1 Å². The number of nitriles is 1. The summed E-state index contributed by atoms with van der Waals surface area (Å²) in [5, 5.41) is 8.81. The van der Waals surface area contributed by atoms with Crippen molar-refractivity contribution in [2.75, 3.05) is 7.05 Å². The Hall–Kier alpha value is -0.550. The molecule has 2 heteroatoms. The third-order valence-corrected chi connectivity index (χ3v) is 3.20. The van der Waals surface area contributed by atoms with Crippen LogP contribution in [-0.4, -0.2) is 24.0 Å². The largest absolute Gasteiger partial charge is 0.288 e. The van der Waals surface area contributed by atoms with Gasteiger partial charge in [0.15, 0.2) is 0 Å². The van der Waals surface area contributed by atoms with Crippen molar-refractivity contribution < 1.29 is 0 Å². The average Bonchev–Trinajstić information content (AvgIpc) is 2.43. The fraction of sp³-hybridized carbons (Fsp3) is 0.909. The molecule has 1 atom stereocenters. The van der Waals surface area contributed by atoms with Crippen molar-refractivity contribution in [1.82, 2.24) is 4.90 Å². The Balaban J connectivity index is 2.44. The molecule has 0 aromatic rings. The van der Waals surface area contributed by atoms with Crippen LogP contribution in [0.1, 0.15) is 45.4 Å². The van der Waals surface area contributed by atoms with Crippen molar-refractivity contribution in [2.24, 2.45) is 0 Å². The van der Waals surface area contributed by atoms with Gasteiger partial charge in [0.25, 0.3) is 0 Å². The van der Waals surface area contributed by atoms with Crippen LogP contribution in [0.15, 0.2) is 0 Å². The van der Waals surface area contributed by atoms with E-state index in [-0.39, 0.29) is 6.04 Å². The van der Waals surface area contributed by atoms with Gasteiger partial charge in [-0.15, -0.1) is 0 Å². The molecular formula is C11H20N2. The van der Waals surface area contributed by atoms with E-state index in [9.17, 15) is 0 Å². The van der Waals surface area contributed by atoms with Gasteiger partial charge in [0.2, 0.25) is 0 Å². The molecule has 0 N–H and O–H groups in total. The van der Waals surface area contributed by atoms with Gasteiger partial charge in [-0.05, 0) is 26.8 Å². The summed E-state index contributed by atoms with van der Waals surface area (Å²) in [6.45, 7) is 1.99. The standard InChI is InChI=1S/C11H20N2/c1-10(9-12)13(2)11-7-5-3-4-6-8-11/h10-11H,3-8H2,1-2H3. The first-order valence-electron chi connectivity index (χ1n) is 5.37. The highest BCUT2D eigenvalue weighted by Crippen LogP contribution is 2.21. The van der Waals surface area contributed by atoms with Crippen LogP contribution in [0, 0.1) is 11.3 Å². The second kappa shape index (κ2) is 5.24. The molecule has 2 nitrogen and oxygen atoms in total. The fourth-order valence-electron chi connectivity index (χ4n) is 2.07. The zero-order valence-electron chi connectivity index (χ0n) is 8.79. The van der Waals surface area contributed by atoms with Crippen LogP contribution < -0.4 is 0 Å². The Morgan fingerprint density at radius 1 is 1.23 bits per heavy atom. The van der Waals surface area contributed by atoms with E-state index in [4.69, 9.17) is 5.26 Å². The zero-order valence-corrected chi connectivity index (χ0v) is 8.79. The van der Waals surface area contributed by atoms with E-state index in [2.05, 4.69) is 18.0 Å². The molecule has 1 unspecified atom stereocenters. The number of hydrogen-bond donors (Lipinski definition) is 0. The maximum Gasteiger partial charge on any atom is 0.0949 e. The van der Waals surface area contributed by atoms with E-state index in [1.54, 1.807) is 0 Å². The van der Waals surface area contributed by atoms with Gasteiger partial charge < -0.3 is 0 Å². The monoisotopic (exact) mass is 180 g/mol. The lowest BCUT2D eigenvalue weighted by Crippen LogP contribution is -2.37. The quantitative estimate of drug-likeness (QED) is 0.611. The lowest BCUT2D eigenvalue weighted by atomic mass is 10.1. The molecular weight excluding hydrogens is 160 g/mol. The van der Waals surface area contributed by atoms with Gasteiger partial charge in [-0.1, -0.05) is 25.7 Å². The predicted octanol–water partition coefficient (Wildman–Crippen LogP) is 2.55. The molecule has 13 heavy (non-hydrogen) atoms. The van der Waals surface area contributed by atoms with E-state index in [0.717, 1.165) is 0 Å². The molecule has 1 fully saturated rings. The van der Waals surface area contributed by atoms with Crippen LogP contribution >= 0.6 is 0 Å². The van der Waals surface area contributed by atoms with Crippen LogP contribution in [0.5, 0.6) is 0 Å². The van der Waals surface area contributed by atoms with E-state index >= 15 is 0 Å². The van der Waals surface area contributed by atoms with Crippen molar-refractivity contribution in [1.29, 1.82) is 5.26 Å². The molecule has 0 heterocycles. The molecule has 0 spiro atoms. The molecule has 0 aromatic heterocycles. The first-order chi connectivity index (χ1) is 6.25. The Labute approximate surface area is 81.5 Å². The Bertz CT molecular complexity index is 175. The van der Waals surface area contributed by atoms with E-state index in [1.165, 1.54) is 38.5 Å². The summed E-state index contributed by atoms with van der Waals surface area (Å²) < 4.78 is 0. The van der Waals surface area contributed by atoms with E-state index in [1.807, 2.05) is 6.92 Å². The molecule has 1 saturated carbocycles. The van der Waals surface area contributed by atoms with Crippen molar-refractivity contribution in [3.05, 3.63) is 0 Å². The maximum absolute atomic E-state index is 8.81. The molecule has 1 aliphatic rings. The Kier molecular flexibility index (Phi) is 4.24. The third kappa shape index (κ3) is 3.00. The summed E-state index contributed by atoms with van der Waals surface area (Å²) in [6, 6.07) is 3.03. The topological polar surface area (TPSA) is 27.0 Å². The molecule has 1 aliphatic carbocycles. The highest BCUT2D eigenvalue weighted by atomic mass is 15.1. The minimum Gasteiger partial charge on any atom is -0.288 e. The van der Waals surface area contributed by atoms with Crippen molar-refractivity contribution in [2.45, 2.75) is 57.5 Å².